The zero-order valence-electron chi connectivity index (χ0n) is 11.9. The number of rotatable bonds is 4. The Hall–Kier alpha value is -1.12. The largest absolute Gasteiger partial charge is 0.299 e. The monoisotopic (exact) mass is 236 g/mol. The van der Waals surface area contributed by atoms with Crippen LogP contribution in [0.4, 0.5) is 0 Å². The van der Waals surface area contributed by atoms with Crippen molar-refractivity contribution in [1.29, 1.82) is 0 Å². The summed E-state index contributed by atoms with van der Waals surface area (Å²) in [5.41, 5.74) is 3.42. The van der Waals surface area contributed by atoms with Crippen LogP contribution >= 0.6 is 0 Å². The standard InChI is InChI=1S/C14H24N2O/c1-10-13(11(2)16(6)15-10)9-12(17)7-8-14(3,4)5/h7-9H2,1-6H3. The molecule has 3 nitrogen and oxygen atoms in total. The van der Waals surface area contributed by atoms with Crippen LogP contribution in [0.5, 0.6) is 0 Å². The molecule has 1 aromatic heterocycles. The van der Waals surface area contributed by atoms with Crippen molar-refractivity contribution in [3.63, 3.8) is 0 Å². The topological polar surface area (TPSA) is 34.9 Å². The number of hydrogen-bond acceptors (Lipinski definition) is 2. The lowest BCUT2D eigenvalue weighted by molar-refractivity contribution is -0.118. The fraction of sp³-hybridized carbons (Fsp3) is 0.714. The summed E-state index contributed by atoms with van der Waals surface area (Å²) in [5.74, 6) is 0.319. The summed E-state index contributed by atoms with van der Waals surface area (Å²) >= 11 is 0. The Labute approximate surface area is 104 Å². The van der Waals surface area contributed by atoms with Gasteiger partial charge in [-0.25, -0.2) is 0 Å². The molecule has 0 bridgehead atoms. The molecule has 0 aliphatic carbocycles. The molecule has 0 amide bonds. The second kappa shape index (κ2) is 5.03. The number of aryl methyl sites for hydroxylation is 2. The fourth-order valence-electron chi connectivity index (χ4n) is 1.87. The summed E-state index contributed by atoms with van der Waals surface area (Å²) in [6.45, 7) is 10.5. The molecule has 0 aliphatic rings. The molecule has 0 saturated carbocycles. The van der Waals surface area contributed by atoms with Crippen LogP contribution in [0.1, 0.15) is 50.6 Å². The molecule has 0 atom stereocenters. The Morgan fingerprint density at radius 3 is 2.29 bits per heavy atom. The molecule has 1 rings (SSSR count). The van der Waals surface area contributed by atoms with Gasteiger partial charge in [0, 0.05) is 31.1 Å². The quantitative estimate of drug-likeness (QED) is 0.805. The van der Waals surface area contributed by atoms with Crippen molar-refractivity contribution in [3.8, 4) is 0 Å². The van der Waals surface area contributed by atoms with E-state index in [0.29, 0.717) is 18.6 Å². The summed E-state index contributed by atoms with van der Waals surface area (Å²) in [5, 5.41) is 4.34. The maximum absolute atomic E-state index is 11.9. The van der Waals surface area contributed by atoms with E-state index in [2.05, 4.69) is 25.9 Å². The molecule has 1 heterocycles. The number of aromatic nitrogens is 2. The van der Waals surface area contributed by atoms with E-state index in [-0.39, 0.29) is 5.41 Å². The maximum Gasteiger partial charge on any atom is 0.137 e. The normalized spacial score (nSPS) is 11.9. The Bertz CT molecular complexity index is 411. The summed E-state index contributed by atoms with van der Waals surface area (Å²) in [7, 11) is 1.92. The highest BCUT2D eigenvalue weighted by Gasteiger charge is 2.16. The summed E-state index contributed by atoms with van der Waals surface area (Å²) in [6, 6.07) is 0. The molecule has 0 N–H and O–H groups in total. The number of ketones is 1. The highest BCUT2D eigenvalue weighted by atomic mass is 16.1. The van der Waals surface area contributed by atoms with Crippen LogP contribution in [-0.4, -0.2) is 15.6 Å². The van der Waals surface area contributed by atoms with E-state index in [4.69, 9.17) is 0 Å². The lowest BCUT2D eigenvalue weighted by Gasteiger charge is -2.16. The number of carbonyl (C=O) groups excluding carboxylic acids is 1. The Kier molecular flexibility index (Phi) is 4.12. The molecule has 0 radical (unpaired) electrons. The molecule has 0 fully saturated rings. The second-order valence-corrected chi connectivity index (χ2v) is 6.05. The van der Waals surface area contributed by atoms with Crippen molar-refractivity contribution in [3.05, 3.63) is 17.0 Å². The first-order valence-electron chi connectivity index (χ1n) is 6.21. The zero-order valence-corrected chi connectivity index (χ0v) is 11.9. The van der Waals surface area contributed by atoms with Gasteiger partial charge in [0.2, 0.25) is 0 Å². The smallest absolute Gasteiger partial charge is 0.137 e. The molecule has 1 aromatic rings. The van der Waals surface area contributed by atoms with Gasteiger partial charge in [-0.2, -0.15) is 5.10 Å². The molecule has 0 unspecified atom stereocenters. The zero-order chi connectivity index (χ0) is 13.2. The SMILES string of the molecule is Cc1nn(C)c(C)c1CC(=O)CCC(C)(C)C. The van der Waals surface area contributed by atoms with Crippen LogP contribution < -0.4 is 0 Å². The summed E-state index contributed by atoms with van der Waals surface area (Å²) < 4.78 is 1.85. The Morgan fingerprint density at radius 2 is 1.88 bits per heavy atom. The van der Waals surface area contributed by atoms with Crippen molar-refractivity contribution >= 4 is 5.78 Å². The van der Waals surface area contributed by atoms with E-state index in [1.54, 1.807) is 0 Å². The third-order valence-electron chi connectivity index (χ3n) is 3.19. The van der Waals surface area contributed by atoms with Gasteiger partial charge in [0.1, 0.15) is 5.78 Å². The van der Waals surface area contributed by atoms with E-state index in [9.17, 15) is 4.79 Å². The number of nitrogens with zero attached hydrogens (tertiary/aromatic N) is 2. The van der Waals surface area contributed by atoms with E-state index >= 15 is 0 Å². The average Bonchev–Trinajstić information content (AvgIpc) is 2.41. The third-order valence-corrected chi connectivity index (χ3v) is 3.19. The summed E-state index contributed by atoms with van der Waals surface area (Å²) in [4.78, 5) is 11.9. The molecule has 0 saturated heterocycles. The lowest BCUT2D eigenvalue weighted by Crippen LogP contribution is -2.11. The molecule has 0 aromatic carbocycles. The van der Waals surface area contributed by atoms with Gasteiger partial charge in [-0.3, -0.25) is 9.48 Å². The first kappa shape index (κ1) is 13.9. The third kappa shape index (κ3) is 3.99. The second-order valence-electron chi connectivity index (χ2n) is 6.05. The summed E-state index contributed by atoms with van der Waals surface area (Å²) in [6.07, 6.45) is 2.14. The number of carbonyl (C=O) groups is 1. The fourth-order valence-corrected chi connectivity index (χ4v) is 1.87. The van der Waals surface area contributed by atoms with E-state index < -0.39 is 0 Å². The minimum absolute atomic E-state index is 0.231. The van der Waals surface area contributed by atoms with Gasteiger partial charge >= 0.3 is 0 Å². The van der Waals surface area contributed by atoms with E-state index in [0.717, 1.165) is 23.4 Å². The van der Waals surface area contributed by atoms with Crippen LogP contribution in [0.15, 0.2) is 0 Å². The molecule has 96 valence electrons. The van der Waals surface area contributed by atoms with Gasteiger partial charge in [0.15, 0.2) is 0 Å². The van der Waals surface area contributed by atoms with Gasteiger partial charge in [-0.05, 0) is 25.7 Å². The lowest BCUT2D eigenvalue weighted by atomic mass is 9.88. The van der Waals surface area contributed by atoms with Crippen LogP contribution in [0.25, 0.3) is 0 Å². The minimum Gasteiger partial charge on any atom is -0.299 e. The van der Waals surface area contributed by atoms with E-state index in [1.807, 2.05) is 25.6 Å². The molecular formula is C14H24N2O. The van der Waals surface area contributed by atoms with Gasteiger partial charge in [0.25, 0.3) is 0 Å². The van der Waals surface area contributed by atoms with Gasteiger partial charge in [0.05, 0.1) is 5.69 Å². The van der Waals surface area contributed by atoms with Crippen LogP contribution in [0.3, 0.4) is 0 Å². The molecule has 0 aliphatic heterocycles. The molecular weight excluding hydrogens is 212 g/mol. The van der Waals surface area contributed by atoms with Crippen molar-refractivity contribution in [2.24, 2.45) is 12.5 Å². The van der Waals surface area contributed by atoms with Gasteiger partial charge in [-0.1, -0.05) is 20.8 Å². The number of Topliss-reactive ketones (excluding diaryl/α,β-unsaturated/α-hetero) is 1. The Morgan fingerprint density at radius 1 is 1.29 bits per heavy atom. The predicted molar refractivity (Wildman–Crippen MR) is 70.1 cm³/mol. The maximum atomic E-state index is 11.9. The van der Waals surface area contributed by atoms with Crippen molar-refractivity contribution in [2.75, 3.05) is 0 Å². The van der Waals surface area contributed by atoms with Gasteiger partial charge in [-0.15, -0.1) is 0 Å². The van der Waals surface area contributed by atoms with Crippen LogP contribution in [-0.2, 0) is 18.3 Å². The average molecular weight is 236 g/mol. The first-order valence-corrected chi connectivity index (χ1v) is 6.21. The highest BCUT2D eigenvalue weighted by Crippen LogP contribution is 2.22. The number of hydrogen-bond donors (Lipinski definition) is 0. The predicted octanol–water partition coefficient (Wildman–Crippen LogP) is 2.97. The minimum atomic E-state index is 0.231. The molecule has 17 heavy (non-hydrogen) atoms. The van der Waals surface area contributed by atoms with Gasteiger partial charge < -0.3 is 0 Å². The van der Waals surface area contributed by atoms with Crippen LogP contribution in [0, 0.1) is 19.3 Å². The van der Waals surface area contributed by atoms with Crippen LogP contribution in [0.2, 0.25) is 0 Å². The van der Waals surface area contributed by atoms with Crippen molar-refractivity contribution < 1.29 is 4.79 Å². The molecule has 3 heteroatoms. The first-order chi connectivity index (χ1) is 7.70. The van der Waals surface area contributed by atoms with Crippen molar-refractivity contribution in [2.45, 2.75) is 53.9 Å². The molecule has 0 spiro atoms. The Balaban J connectivity index is 2.63. The highest BCUT2D eigenvalue weighted by molar-refractivity contribution is 5.81. The van der Waals surface area contributed by atoms with Crippen molar-refractivity contribution in [1.82, 2.24) is 9.78 Å². The van der Waals surface area contributed by atoms with E-state index in [1.165, 1.54) is 0 Å².